The van der Waals surface area contributed by atoms with Gasteiger partial charge in [0.15, 0.2) is 5.96 Å². The van der Waals surface area contributed by atoms with Crippen molar-refractivity contribution < 1.29 is 14.3 Å². The first kappa shape index (κ1) is 28.2. The molecule has 2 fully saturated rings. The van der Waals surface area contributed by atoms with Gasteiger partial charge in [-0.25, -0.2) is 9.79 Å². The van der Waals surface area contributed by atoms with Gasteiger partial charge in [-0.15, -0.1) is 0 Å². The van der Waals surface area contributed by atoms with Gasteiger partial charge in [0, 0.05) is 24.8 Å². The summed E-state index contributed by atoms with van der Waals surface area (Å²) in [5, 5.41) is 5.89. The minimum atomic E-state index is -0.640. The van der Waals surface area contributed by atoms with E-state index >= 15 is 0 Å². The van der Waals surface area contributed by atoms with Crippen molar-refractivity contribution in [3.8, 4) is 5.75 Å². The standard InChI is InChI=1S/C30H47N5O3/c1-3-4-17-30(19-22-9-6-5-7-10-22)27(36)35(28(31)34-30)21-24-15-13-23(14-16-24)20-32-29(37)33-25-11-8-12-26(18-25)38-2/h8,11-12,18,22-24H,3-7,9-10,13-17,19-21H2,1-2H3,(H2,31,34)(H2,32,33,37). The quantitative estimate of drug-likeness (QED) is 0.345. The molecule has 8 nitrogen and oxygen atoms in total. The molecule has 4 N–H and O–H groups in total. The van der Waals surface area contributed by atoms with Gasteiger partial charge in [-0.1, -0.05) is 57.9 Å². The van der Waals surface area contributed by atoms with Gasteiger partial charge in [0.2, 0.25) is 0 Å². The molecule has 1 unspecified atom stereocenters. The molecule has 38 heavy (non-hydrogen) atoms. The predicted octanol–water partition coefficient (Wildman–Crippen LogP) is 5.68. The van der Waals surface area contributed by atoms with Gasteiger partial charge < -0.3 is 21.1 Å². The number of carbonyl (C=O) groups is 2. The molecular weight excluding hydrogens is 478 g/mol. The highest BCUT2D eigenvalue weighted by Crippen LogP contribution is 2.40. The van der Waals surface area contributed by atoms with Gasteiger partial charge >= 0.3 is 6.03 Å². The number of unbranched alkanes of at least 4 members (excludes halogenated alkanes) is 1. The van der Waals surface area contributed by atoms with E-state index in [2.05, 4.69) is 17.6 Å². The number of rotatable bonds is 11. The number of methoxy groups -OCH3 is 1. The Labute approximate surface area is 228 Å². The van der Waals surface area contributed by atoms with Crippen molar-refractivity contribution in [3.63, 3.8) is 0 Å². The molecule has 1 heterocycles. The van der Waals surface area contributed by atoms with Gasteiger partial charge in [0.25, 0.3) is 5.91 Å². The average molecular weight is 526 g/mol. The molecule has 1 atom stereocenters. The molecule has 4 rings (SSSR count). The summed E-state index contributed by atoms with van der Waals surface area (Å²) in [5.74, 6) is 2.74. The summed E-state index contributed by atoms with van der Waals surface area (Å²) in [4.78, 5) is 32.9. The SMILES string of the molecule is CCCCC1(CC2CCCCC2)N=C(N)N(CC2CCC(CNC(=O)Nc3cccc(OC)c3)CC2)C1=O. The molecule has 0 bridgehead atoms. The largest absolute Gasteiger partial charge is 0.497 e. The van der Waals surface area contributed by atoms with E-state index in [1.807, 2.05) is 23.1 Å². The number of urea groups is 1. The van der Waals surface area contributed by atoms with Crippen molar-refractivity contribution in [2.75, 3.05) is 25.5 Å². The maximum absolute atomic E-state index is 13.8. The van der Waals surface area contributed by atoms with E-state index in [0.717, 1.165) is 51.4 Å². The van der Waals surface area contributed by atoms with Gasteiger partial charge in [0.1, 0.15) is 11.3 Å². The molecule has 2 saturated carbocycles. The summed E-state index contributed by atoms with van der Waals surface area (Å²) >= 11 is 0. The summed E-state index contributed by atoms with van der Waals surface area (Å²) in [6, 6.07) is 7.13. The van der Waals surface area contributed by atoms with Crippen LogP contribution in [0.15, 0.2) is 29.3 Å². The molecular formula is C30H47N5O3. The lowest BCUT2D eigenvalue weighted by Gasteiger charge is -2.34. The summed E-state index contributed by atoms with van der Waals surface area (Å²) in [6.45, 7) is 3.49. The Hall–Kier alpha value is -2.77. The van der Waals surface area contributed by atoms with Crippen molar-refractivity contribution in [1.82, 2.24) is 10.2 Å². The number of nitrogens with one attached hydrogen (secondary N) is 2. The van der Waals surface area contributed by atoms with Crippen LogP contribution in [0.25, 0.3) is 0 Å². The van der Waals surface area contributed by atoms with E-state index in [9.17, 15) is 9.59 Å². The lowest BCUT2D eigenvalue weighted by Crippen LogP contribution is -2.47. The molecule has 3 aliphatic rings. The molecule has 0 aromatic heterocycles. The third-order valence-corrected chi connectivity index (χ3v) is 8.83. The van der Waals surface area contributed by atoms with E-state index in [1.54, 1.807) is 13.2 Å². The second-order valence-electron chi connectivity index (χ2n) is 11.7. The fourth-order valence-electron chi connectivity index (χ4n) is 6.58. The number of carbonyl (C=O) groups excluding carboxylic acids is 2. The van der Waals surface area contributed by atoms with Crippen LogP contribution >= 0.6 is 0 Å². The Morgan fingerprint density at radius 1 is 1.11 bits per heavy atom. The van der Waals surface area contributed by atoms with Gasteiger partial charge in [-0.05, 0) is 68.4 Å². The second kappa shape index (κ2) is 13.3. The third kappa shape index (κ3) is 7.20. The van der Waals surface area contributed by atoms with Crippen LogP contribution in [0.1, 0.15) is 90.4 Å². The lowest BCUT2D eigenvalue weighted by atomic mass is 9.77. The van der Waals surface area contributed by atoms with E-state index in [-0.39, 0.29) is 11.9 Å². The molecule has 210 valence electrons. The molecule has 1 aliphatic heterocycles. The fraction of sp³-hybridized carbons (Fsp3) is 0.700. The van der Waals surface area contributed by atoms with E-state index < -0.39 is 5.54 Å². The summed E-state index contributed by atoms with van der Waals surface area (Å²) in [5.41, 5.74) is 6.49. The van der Waals surface area contributed by atoms with Crippen LogP contribution in [0.5, 0.6) is 5.75 Å². The minimum Gasteiger partial charge on any atom is -0.497 e. The van der Waals surface area contributed by atoms with E-state index in [1.165, 1.54) is 32.1 Å². The Kier molecular flexibility index (Phi) is 9.91. The first-order chi connectivity index (χ1) is 18.4. The zero-order chi connectivity index (χ0) is 27.0. The van der Waals surface area contributed by atoms with Crippen LogP contribution in [-0.4, -0.2) is 48.5 Å². The fourth-order valence-corrected chi connectivity index (χ4v) is 6.58. The van der Waals surface area contributed by atoms with E-state index in [0.29, 0.717) is 48.2 Å². The van der Waals surface area contributed by atoms with Crippen molar-refractivity contribution >= 4 is 23.6 Å². The molecule has 3 amide bonds. The summed E-state index contributed by atoms with van der Waals surface area (Å²) < 4.78 is 5.21. The number of aliphatic imine (C=N–C) groups is 1. The van der Waals surface area contributed by atoms with Gasteiger partial charge in [0.05, 0.1) is 7.11 Å². The highest BCUT2D eigenvalue weighted by atomic mass is 16.5. The number of benzene rings is 1. The monoisotopic (exact) mass is 525 g/mol. The number of amides is 3. The van der Waals surface area contributed by atoms with Gasteiger partial charge in [-0.2, -0.15) is 0 Å². The van der Waals surface area contributed by atoms with Crippen LogP contribution in [-0.2, 0) is 4.79 Å². The number of guanidine groups is 1. The van der Waals surface area contributed by atoms with Crippen molar-refractivity contribution in [2.24, 2.45) is 28.5 Å². The normalized spacial score (nSPS) is 26.2. The first-order valence-electron chi connectivity index (χ1n) is 14.8. The van der Waals surface area contributed by atoms with Crippen LogP contribution in [0.3, 0.4) is 0 Å². The Morgan fingerprint density at radius 3 is 2.55 bits per heavy atom. The molecule has 2 aliphatic carbocycles. The topological polar surface area (TPSA) is 109 Å². The van der Waals surface area contributed by atoms with Gasteiger partial charge in [-0.3, -0.25) is 9.69 Å². The zero-order valence-electron chi connectivity index (χ0n) is 23.3. The van der Waals surface area contributed by atoms with Crippen molar-refractivity contribution in [3.05, 3.63) is 24.3 Å². The van der Waals surface area contributed by atoms with Crippen LogP contribution in [0.4, 0.5) is 10.5 Å². The van der Waals surface area contributed by atoms with E-state index in [4.69, 9.17) is 15.5 Å². The average Bonchev–Trinajstić information content (AvgIpc) is 3.16. The van der Waals surface area contributed by atoms with Crippen molar-refractivity contribution in [1.29, 1.82) is 0 Å². The predicted molar refractivity (Wildman–Crippen MR) is 152 cm³/mol. The number of ether oxygens (including phenoxy) is 1. The van der Waals surface area contributed by atoms with Crippen LogP contribution < -0.4 is 21.1 Å². The molecule has 0 spiro atoms. The molecule has 0 saturated heterocycles. The maximum Gasteiger partial charge on any atom is 0.319 e. The smallest absolute Gasteiger partial charge is 0.319 e. The third-order valence-electron chi connectivity index (χ3n) is 8.83. The molecule has 8 heteroatoms. The lowest BCUT2D eigenvalue weighted by molar-refractivity contribution is -0.132. The van der Waals surface area contributed by atoms with Crippen molar-refractivity contribution in [2.45, 2.75) is 95.9 Å². The first-order valence-corrected chi connectivity index (χ1v) is 14.8. The number of hydrogen-bond donors (Lipinski definition) is 3. The second-order valence-corrected chi connectivity index (χ2v) is 11.7. The number of nitrogens with zero attached hydrogens (tertiary/aromatic N) is 2. The highest BCUT2D eigenvalue weighted by Gasteiger charge is 2.48. The Morgan fingerprint density at radius 2 is 1.84 bits per heavy atom. The van der Waals surface area contributed by atoms with Crippen LogP contribution in [0, 0.1) is 17.8 Å². The zero-order valence-corrected chi connectivity index (χ0v) is 23.3. The number of nitrogens with two attached hydrogens (primary N) is 1. The number of anilines is 1. The Balaban J connectivity index is 1.24. The van der Waals surface area contributed by atoms with Crippen LogP contribution in [0.2, 0.25) is 0 Å². The molecule has 0 radical (unpaired) electrons. The summed E-state index contributed by atoms with van der Waals surface area (Å²) in [6.07, 6.45) is 14.2. The number of hydrogen-bond acceptors (Lipinski definition) is 5. The molecule has 1 aromatic carbocycles. The maximum atomic E-state index is 13.8. The Bertz CT molecular complexity index is 968. The highest BCUT2D eigenvalue weighted by molar-refractivity contribution is 6.06. The summed E-state index contributed by atoms with van der Waals surface area (Å²) in [7, 11) is 1.61. The molecule has 1 aromatic rings. The minimum absolute atomic E-state index is 0.145.